The Bertz CT molecular complexity index is 1080. The van der Waals surface area contributed by atoms with E-state index in [4.69, 9.17) is 4.74 Å². The Morgan fingerprint density at radius 2 is 1.92 bits per heavy atom. The van der Waals surface area contributed by atoms with E-state index in [0.29, 0.717) is 42.4 Å². The topological polar surface area (TPSA) is 103 Å². The van der Waals surface area contributed by atoms with Gasteiger partial charge in [-0.2, -0.15) is 31.4 Å². The third-order valence-electron chi connectivity index (χ3n) is 5.60. The first-order valence-corrected chi connectivity index (χ1v) is 11.7. The molecule has 0 spiro atoms. The van der Waals surface area contributed by atoms with Gasteiger partial charge in [0, 0.05) is 39.3 Å². The lowest BCUT2D eigenvalue weighted by molar-refractivity contribution is -0.138. The molecule has 1 aliphatic heterocycles. The summed E-state index contributed by atoms with van der Waals surface area (Å²) in [5.41, 5.74) is -3.15. The van der Waals surface area contributed by atoms with Crippen molar-refractivity contribution in [2.75, 3.05) is 50.1 Å². The fraction of sp³-hybridized carbons (Fsp3) is 0.600. The van der Waals surface area contributed by atoms with Crippen LogP contribution in [0.5, 0.6) is 0 Å². The zero-order chi connectivity index (χ0) is 26.5. The van der Waals surface area contributed by atoms with E-state index in [1.165, 1.54) is 4.90 Å². The van der Waals surface area contributed by atoms with E-state index in [1.807, 2.05) is 0 Å². The molecule has 0 unspecified atom stereocenters. The number of carbonyl (C=O) groups excluding carboxylic acids is 1. The highest BCUT2D eigenvalue weighted by Gasteiger charge is 2.37. The lowest BCUT2D eigenvalue weighted by Gasteiger charge is -2.36. The summed E-state index contributed by atoms with van der Waals surface area (Å²) in [7, 11) is 1.62. The lowest BCUT2D eigenvalue weighted by atomic mass is 10.0. The average molecular weight is 543 g/mol. The number of rotatable bonds is 9. The summed E-state index contributed by atoms with van der Waals surface area (Å²) in [4.78, 5) is 30.3. The van der Waals surface area contributed by atoms with Crippen LogP contribution in [-0.4, -0.2) is 71.9 Å². The molecule has 0 aliphatic carbocycles. The number of aromatic amines is 1. The summed E-state index contributed by atoms with van der Waals surface area (Å²) in [5, 5.41) is 7.90. The molecule has 200 valence electrons. The minimum atomic E-state index is -4.84. The molecule has 3 rings (SSSR count). The van der Waals surface area contributed by atoms with Crippen LogP contribution in [0.4, 0.5) is 37.2 Å². The van der Waals surface area contributed by atoms with Gasteiger partial charge in [-0.25, -0.2) is 10.1 Å². The molecule has 0 radical (unpaired) electrons. The van der Waals surface area contributed by atoms with Crippen LogP contribution in [0.3, 0.4) is 0 Å². The zero-order valence-corrected chi connectivity index (χ0v) is 19.9. The van der Waals surface area contributed by atoms with Crippen molar-refractivity contribution in [3.8, 4) is 0 Å². The average Bonchev–Trinajstić information content (AvgIpc) is 3.31. The Morgan fingerprint density at radius 3 is 2.53 bits per heavy atom. The standard InChI is InChI=1S/C20H24F6N6O3S/c1-31(12-3-6-32(7-4-12)18-28-10-14(36-18)19(21,22)23)15(33)11-35-8-2-5-27-13-9-29-30-17(34)16(13)20(24,25)26/h9-10,12H,2-8,11H2,1H3,(H2,27,30,34). The van der Waals surface area contributed by atoms with Gasteiger partial charge in [0.1, 0.15) is 17.0 Å². The smallest absolute Gasteiger partial charge is 0.383 e. The van der Waals surface area contributed by atoms with Crippen molar-refractivity contribution < 1.29 is 35.9 Å². The minimum absolute atomic E-state index is 0.0590. The number of aromatic nitrogens is 3. The molecular formula is C20H24F6N6O3S. The predicted molar refractivity (Wildman–Crippen MR) is 119 cm³/mol. The van der Waals surface area contributed by atoms with E-state index in [-0.39, 0.29) is 38.1 Å². The molecule has 2 aromatic heterocycles. The molecule has 1 fully saturated rings. The first-order chi connectivity index (χ1) is 16.9. The summed E-state index contributed by atoms with van der Waals surface area (Å²) in [6.45, 7) is 0.837. The second kappa shape index (κ2) is 11.5. The molecule has 9 nitrogen and oxygen atoms in total. The second-order valence-corrected chi connectivity index (χ2v) is 9.06. The minimum Gasteiger partial charge on any atom is -0.383 e. The van der Waals surface area contributed by atoms with Gasteiger partial charge in [-0.1, -0.05) is 11.3 Å². The number of amides is 1. The number of anilines is 2. The maximum Gasteiger partial charge on any atom is 0.427 e. The number of hydrogen-bond donors (Lipinski definition) is 2. The Hall–Kier alpha value is -2.88. The van der Waals surface area contributed by atoms with Gasteiger partial charge in [-0.05, 0) is 19.3 Å². The first kappa shape index (κ1) is 27.7. The van der Waals surface area contributed by atoms with Crippen LogP contribution in [0.15, 0.2) is 17.2 Å². The van der Waals surface area contributed by atoms with Crippen molar-refractivity contribution in [2.24, 2.45) is 0 Å². The molecule has 0 atom stereocenters. The molecule has 0 bridgehead atoms. The number of ether oxygens (including phenoxy) is 1. The molecule has 0 aromatic carbocycles. The van der Waals surface area contributed by atoms with Crippen molar-refractivity contribution in [2.45, 2.75) is 37.7 Å². The Morgan fingerprint density at radius 1 is 1.22 bits per heavy atom. The van der Waals surface area contributed by atoms with Gasteiger partial charge in [-0.3, -0.25) is 9.59 Å². The SMILES string of the molecule is CN(C(=O)COCCCNc1cn[nH]c(=O)c1C(F)(F)F)C1CCN(c2ncc(C(F)(F)F)s2)CC1. The maximum atomic E-state index is 13.0. The third kappa shape index (κ3) is 7.09. The highest BCUT2D eigenvalue weighted by Crippen LogP contribution is 2.37. The number of alkyl halides is 6. The van der Waals surface area contributed by atoms with Gasteiger partial charge in [0.15, 0.2) is 5.13 Å². The number of halogens is 6. The second-order valence-electron chi connectivity index (χ2n) is 8.05. The van der Waals surface area contributed by atoms with Crippen LogP contribution in [0.25, 0.3) is 0 Å². The van der Waals surface area contributed by atoms with Gasteiger partial charge in [0.25, 0.3) is 5.56 Å². The summed E-state index contributed by atoms with van der Waals surface area (Å²) < 4.78 is 82.7. The van der Waals surface area contributed by atoms with Crippen molar-refractivity contribution in [3.05, 3.63) is 33.2 Å². The number of thiazole rings is 1. The summed E-state index contributed by atoms with van der Waals surface area (Å²) in [5.74, 6) is -0.284. The van der Waals surface area contributed by atoms with Gasteiger partial charge in [0.2, 0.25) is 5.91 Å². The van der Waals surface area contributed by atoms with Gasteiger partial charge in [0.05, 0.1) is 18.1 Å². The molecule has 1 aliphatic rings. The molecule has 1 amide bonds. The van der Waals surface area contributed by atoms with Crippen molar-refractivity contribution in [3.63, 3.8) is 0 Å². The van der Waals surface area contributed by atoms with E-state index in [1.54, 1.807) is 17.0 Å². The number of carbonyl (C=O) groups is 1. The summed E-state index contributed by atoms with van der Waals surface area (Å²) in [6.07, 6.45) is -6.19. The van der Waals surface area contributed by atoms with Gasteiger partial charge in [-0.15, -0.1) is 0 Å². The first-order valence-electron chi connectivity index (χ1n) is 10.9. The molecule has 0 saturated carbocycles. The van der Waals surface area contributed by atoms with Crippen molar-refractivity contribution in [1.29, 1.82) is 0 Å². The molecule has 16 heteroatoms. The van der Waals surface area contributed by atoms with Crippen LogP contribution in [0.2, 0.25) is 0 Å². The number of H-pyrrole nitrogens is 1. The fourth-order valence-corrected chi connectivity index (χ4v) is 4.50. The van der Waals surface area contributed by atoms with E-state index in [0.717, 1.165) is 12.4 Å². The normalized spacial score (nSPS) is 15.2. The highest BCUT2D eigenvalue weighted by molar-refractivity contribution is 7.15. The van der Waals surface area contributed by atoms with Crippen LogP contribution < -0.4 is 15.8 Å². The Balaban J connectivity index is 1.36. The number of hydrogen-bond acceptors (Lipinski definition) is 8. The van der Waals surface area contributed by atoms with E-state index < -0.39 is 34.0 Å². The summed E-state index contributed by atoms with van der Waals surface area (Å²) >= 11 is 0.589. The largest absolute Gasteiger partial charge is 0.427 e. The van der Waals surface area contributed by atoms with Crippen LogP contribution in [0.1, 0.15) is 29.7 Å². The van der Waals surface area contributed by atoms with E-state index in [9.17, 15) is 35.9 Å². The van der Waals surface area contributed by atoms with E-state index >= 15 is 0 Å². The summed E-state index contributed by atoms with van der Waals surface area (Å²) in [6, 6.07) is -0.106. The fourth-order valence-electron chi connectivity index (χ4n) is 3.66. The Kier molecular flexibility index (Phi) is 8.81. The number of nitrogens with one attached hydrogen (secondary N) is 2. The molecular weight excluding hydrogens is 518 g/mol. The van der Waals surface area contributed by atoms with Crippen LogP contribution in [0, 0.1) is 0 Å². The van der Waals surface area contributed by atoms with Crippen molar-refractivity contribution >= 4 is 28.1 Å². The van der Waals surface area contributed by atoms with E-state index in [2.05, 4.69) is 15.4 Å². The predicted octanol–water partition coefficient (Wildman–Crippen LogP) is 3.21. The quantitative estimate of drug-likeness (QED) is 0.371. The lowest BCUT2D eigenvalue weighted by Crippen LogP contribution is -2.46. The van der Waals surface area contributed by atoms with Crippen LogP contribution >= 0.6 is 11.3 Å². The maximum absolute atomic E-state index is 13.0. The Labute approximate surface area is 205 Å². The molecule has 36 heavy (non-hydrogen) atoms. The van der Waals surface area contributed by atoms with Gasteiger partial charge >= 0.3 is 12.4 Å². The molecule has 2 aromatic rings. The zero-order valence-electron chi connectivity index (χ0n) is 19.1. The number of nitrogens with zero attached hydrogens (tertiary/aromatic N) is 4. The molecule has 3 heterocycles. The van der Waals surface area contributed by atoms with Crippen LogP contribution in [-0.2, 0) is 21.9 Å². The highest BCUT2D eigenvalue weighted by atomic mass is 32.1. The van der Waals surface area contributed by atoms with Crippen molar-refractivity contribution in [1.82, 2.24) is 20.1 Å². The molecule has 2 N–H and O–H groups in total. The number of piperidine rings is 1. The van der Waals surface area contributed by atoms with Gasteiger partial charge < -0.3 is 19.9 Å². The monoisotopic (exact) mass is 542 g/mol. The third-order valence-corrected chi connectivity index (χ3v) is 6.70. The molecule has 1 saturated heterocycles. The number of likely N-dealkylation sites (N-methyl/N-ethyl adjacent to an activating group) is 1.